The number of esters is 1. The fourth-order valence-corrected chi connectivity index (χ4v) is 1.54. The Balaban J connectivity index is 1.96. The number of hydrogen-bond acceptors (Lipinski definition) is 4. The molecule has 2 rings (SSSR count). The summed E-state index contributed by atoms with van der Waals surface area (Å²) in [5.41, 5.74) is 0.832. The van der Waals surface area contributed by atoms with Crippen LogP contribution in [0, 0.1) is 0 Å². The van der Waals surface area contributed by atoms with Crippen molar-refractivity contribution in [1.29, 1.82) is 0 Å². The summed E-state index contributed by atoms with van der Waals surface area (Å²) in [7, 11) is 1.27. The number of hydrogen-bond donors (Lipinski definition) is 1. The Morgan fingerprint density at radius 1 is 1.39 bits per heavy atom. The van der Waals surface area contributed by atoms with Gasteiger partial charge in [-0.3, -0.25) is 14.3 Å². The minimum Gasteiger partial charge on any atom is -0.468 e. The zero-order valence-electron chi connectivity index (χ0n) is 9.92. The Morgan fingerprint density at radius 3 is 2.89 bits per heavy atom. The number of ether oxygens (including phenoxy) is 1. The van der Waals surface area contributed by atoms with E-state index in [1.807, 2.05) is 24.3 Å². The number of rotatable bonds is 4. The number of carbonyl (C=O) groups excluding carboxylic acids is 2. The van der Waals surface area contributed by atoms with E-state index in [0.29, 0.717) is 0 Å². The largest absolute Gasteiger partial charge is 0.468 e. The molecule has 0 fully saturated rings. The third kappa shape index (κ3) is 2.85. The van der Waals surface area contributed by atoms with E-state index >= 15 is 0 Å². The molecule has 0 spiro atoms. The number of fused-ring (bicyclic) bond motifs is 1. The summed E-state index contributed by atoms with van der Waals surface area (Å²) in [5.74, 6) is -0.762. The van der Waals surface area contributed by atoms with E-state index in [4.69, 9.17) is 0 Å². The fraction of sp³-hybridized carbons (Fsp3) is 0.250. The third-order valence-electron chi connectivity index (χ3n) is 2.42. The van der Waals surface area contributed by atoms with Crippen molar-refractivity contribution in [3.63, 3.8) is 0 Å². The first-order valence-electron chi connectivity index (χ1n) is 5.45. The van der Waals surface area contributed by atoms with Crippen molar-refractivity contribution >= 4 is 22.8 Å². The lowest BCUT2D eigenvalue weighted by Gasteiger charge is -2.03. The van der Waals surface area contributed by atoms with Crippen LogP contribution in [0.25, 0.3) is 10.9 Å². The van der Waals surface area contributed by atoms with E-state index < -0.39 is 5.97 Å². The Hall–Kier alpha value is -2.37. The van der Waals surface area contributed by atoms with Gasteiger partial charge in [-0.2, -0.15) is 5.10 Å². The van der Waals surface area contributed by atoms with Crippen LogP contribution in [-0.2, 0) is 20.9 Å². The first-order chi connectivity index (χ1) is 8.69. The Kier molecular flexibility index (Phi) is 3.57. The number of carbonyl (C=O) groups is 2. The van der Waals surface area contributed by atoms with E-state index in [1.54, 1.807) is 6.20 Å². The van der Waals surface area contributed by atoms with Crippen molar-refractivity contribution in [3.05, 3.63) is 30.5 Å². The lowest BCUT2D eigenvalue weighted by molar-refractivity contribution is -0.141. The summed E-state index contributed by atoms with van der Waals surface area (Å²) in [4.78, 5) is 22.4. The highest BCUT2D eigenvalue weighted by Gasteiger charge is 2.07. The molecular formula is C12H13N3O3. The molecule has 18 heavy (non-hydrogen) atoms. The minimum atomic E-state index is -0.478. The quantitative estimate of drug-likeness (QED) is 0.790. The van der Waals surface area contributed by atoms with Crippen molar-refractivity contribution in [1.82, 2.24) is 15.1 Å². The molecule has 1 aromatic heterocycles. The summed E-state index contributed by atoms with van der Waals surface area (Å²) in [6.07, 6.45) is 1.78. The first kappa shape index (κ1) is 12.1. The highest BCUT2D eigenvalue weighted by molar-refractivity contribution is 5.82. The summed E-state index contributed by atoms with van der Waals surface area (Å²) in [6.45, 7) is -0.0538. The number of methoxy groups -OCH3 is 1. The predicted octanol–water partition coefficient (Wildman–Crippen LogP) is 0.325. The Morgan fingerprint density at radius 2 is 2.17 bits per heavy atom. The number of nitrogens with zero attached hydrogens (tertiary/aromatic N) is 2. The van der Waals surface area contributed by atoms with Crippen LogP contribution in [-0.4, -0.2) is 35.3 Å². The molecule has 0 radical (unpaired) electrons. The van der Waals surface area contributed by atoms with Crippen LogP contribution in [0.2, 0.25) is 0 Å². The fourth-order valence-electron chi connectivity index (χ4n) is 1.54. The average Bonchev–Trinajstić information content (AvgIpc) is 2.77. The van der Waals surface area contributed by atoms with Gasteiger partial charge < -0.3 is 10.1 Å². The number of amides is 1. The van der Waals surface area contributed by atoms with Gasteiger partial charge in [0.15, 0.2) is 0 Å². The summed E-state index contributed by atoms with van der Waals surface area (Å²) in [6, 6.07) is 7.59. The normalized spacial score (nSPS) is 10.3. The molecule has 6 heteroatoms. The lowest BCUT2D eigenvalue weighted by Crippen LogP contribution is -2.32. The highest BCUT2D eigenvalue weighted by Crippen LogP contribution is 2.10. The van der Waals surface area contributed by atoms with Crippen molar-refractivity contribution in [2.24, 2.45) is 0 Å². The van der Waals surface area contributed by atoms with Gasteiger partial charge in [0.25, 0.3) is 0 Å². The van der Waals surface area contributed by atoms with Gasteiger partial charge in [0.1, 0.15) is 13.1 Å². The molecule has 1 N–H and O–H groups in total. The van der Waals surface area contributed by atoms with E-state index in [9.17, 15) is 9.59 Å². The molecule has 0 aliphatic carbocycles. The predicted molar refractivity (Wildman–Crippen MR) is 64.8 cm³/mol. The van der Waals surface area contributed by atoms with Gasteiger partial charge in [0, 0.05) is 11.6 Å². The first-order valence-corrected chi connectivity index (χ1v) is 5.45. The Bertz CT molecular complexity index is 544. The molecule has 0 aliphatic rings. The monoisotopic (exact) mass is 247 g/mol. The van der Waals surface area contributed by atoms with Gasteiger partial charge in [-0.15, -0.1) is 0 Å². The maximum atomic E-state index is 11.5. The molecule has 6 nitrogen and oxygen atoms in total. The number of aromatic nitrogens is 2. The molecule has 0 bridgehead atoms. The maximum Gasteiger partial charge on any atom is 0.325 e. The topological polar surface area (TPSA) is 73.2 Å². The maximum absolute atomic E-state index is 11.5. The summed E-state index contributed by atoms with van der Waals surface area (Å²) >= 11 is 0. The smallest absolute Gasteiger partial charge is 0.325 e. The molecular weight excluding hydrogens is 234 g/mol. The van der Waals surface area contributed by atoms with E-state index in [-0.39, 0.29) is 19.0 Å². The SMILES string of the molecule is COC(=O)CNC(=O)Cn1cc2ccccc2n1. The molecule has 0 aliphatic heterocycles. The van der Waals surface area contributed by atoms with Crippen LogP contribution in [0.15, 0.2) is 30.5 Å². The van der Waals surface area contributed by atoms with Gasteiger partial charge in [0.2, 0.25) is 5.91 Å². The molecule has 94 valence electrons. The van der Waals surface area contributed by atoms with Crippen LogP contribution in [0.4, 0.5) is 0 Å². The van der Waals surface area contributed by atoms with Crippen LogP contribution in [0.1, 0.15) is 0 Å². The zero-order valence-corrected chi connectivity index (χ0v) is 9.92. The second kappa shape index (κ2) is 5.31. The number of benzene rings is 1. The molecule has 1 amide bonds. The van der Waals surface area contributed by atoms with Gasteiger partial charge in [-0.05, 0) is 6.07 Å². The second-order valence-electron chi connectivity index (χ2n) is 3.74. The summed E-state index contributed by atoms with van der Waals surface area (Å²) in [5, 5.41) is 7.66. The van der Waals surface area contributed by atoms with Crippen molar-refractivity contribution < 1.29 is 14.3 Å². The minimum absolute atomic E-state index is 0.0751. The van der Waals surface area contributed by atoms with Gasteiger partial charge >= 0.3 is 5.97 Å². The second-order valence-corrected chi connectivity index (χ2v) is 3.74. The highest BCUT2D eigenvalue weighted by atomic mass is 16.5. The average molecular weight is 247 g/mol. The van der Waals surface area contributed by atoms with E-state index in [0.717, 1.165) is 10.9 Å². The molecule has 0 atom stereocenters. The van der Waals surface area contributed by atoms with Gasteiger partial charge in [0.05, 0.1) is 12.6 Å². The lowest BCUT2D eigenvalue weighted by atomic mass is 10.3. The molecule has 0 unspecified atom stereocenters. The standard InChI is InChI=1S/C12H13N3O3/c1-18-12(17)6-13-11(16)8-15-7-9-4-2-3-5-10(9)14-15/h2-5,7H,6,8H2,1H3,(H,13,16). The van der Waals surface area contributed by atoms with E-state index in [1.165, 1.54) is 11.8 Å². The Labute approximate surface area is 104 Å². The van der Waals surface area contributed by atoms with Crippen LogP contribution in [0.5, 0.6) is 0 Å². The van der Waals surface area contributed by atoms with Crippen molar-refractivity contribution in [2.75, 3.05) is 13.7 Å². The third-order valence-corrected chi connectivity index (χ3v) is 2.42. The van der Waals surface area contributed by atoms with Crippen LogP contribution >= 0.6 is 0 Å². The molecule has 1 aromatic carbocycles. The van der Waals surface area contributed by atoms with Crippen LogP contribution in [0.3, 0.4) is 0 Å². The van der Waals surface area contributed by atoms with Crippen LogP contribution < -0.4 is 5.32 Å². The van der Waals surface area contributed by atoms with Crippen molar-refractivity contribution in [3.8, 4) is 0 Å². The van der Waals surface area contributed by atoms with E-state index in [2.05, 4.69) is 15.2 Å². The van der Waals surface area contributed by atoms with Crippen molar-refractivity contribution in [2.45, 2.75) is 6.54 Å². The molecule has 0 saturated carbocycles. The molecule has 1 heterocycles. The zero-order chi connectivity index (χ0) is 13.0. The van der Waals surface area contributed by atoms with Gasteiger partial charge in [-0.1, -0.05) is 18.2 Å². The summed E-state index contributed by atoms with van der Waals surface area (Å²) < 4.78 is 5.96. The van der Waals surface area contributed by atoms with Gasteiger partial charge in [-0.25, -0.2) is 0 Å². The molecule has 0 saturated heterocycles. The molecule has 2 aromatic rings. The number of nitrogens with one attached hydrogen (secondary N) is 1.